The second-order valence-corrected chi connectivity index (χ2v) is 3.86. The lowest BCUT2D eigenvalue weighted by Gasteiger charge is -2.16. The van der Waals surface area contributed by atoms with Crippen LogP contribution in [0.5, 0.6) is 0 Å². The highest BCUT2D eigenvalue weighted by Crippen LogP contribution is 1.95. The van der Waals surface area contributed by atoms with E-state index in [0.717, 1.165) is 0 Å². The first-order valence-electron chi connectivity index (χ1n) is 5.54. The Bertz CT molecular complexity index is 343. The molecule has 1 rings (SSSR count). The Balaban J connectivity index is 2.65. The molecule has 1 fully saturated rings. The van der Waals surface area contributed by atoms with Gasteiger partial charge in [-0.25, -0.2) is 4.79 Å². The standard InChI is InChI=1S/C10H15N3O5/c14-7-1-3-12-9(16)5-6(10(17)18)13-8(15)2-4-11-7/h6H,1-5H2,(H,11,14)(H,12,16)(H,13,15)(H,17,18). The van der Waals surface area contributed by atoms with Crippen LogP contribution in [0.4, 0.5) is 0 Å². The van der Waals surface area contributed by atoms with Crippen LogP contribution in [-0.2, 0) is 19.2 Å². The van der Waals surface area contributed by atoms with Crippen LogP contribution >= 0.6 is 0 Å². The van der Waals surface area contributed by atoms with Crippen molar-refractivity contribution in [2.75, 3.05) is 13.1 Å². The molecule has 1 unspecified atom stereocenters. The van der Waals surface area contributed by atoms with Gasteiger partial charge in [0.1, 0.15) is 6.04 Å². The fourth-order valence-electron chi connectivity index (χ4n) is 1.44. The molecule has 18 heavy (non-hydrogen) atoms. The third kappa shape index (κ3) is 4.81. The number of carbonyl (C=O) groups is 4. The Morgan fingerprint density at radius 2 is 1.56 bits per heavy atom. The van der Waals surface area contributed by atoms with Gasteiger partial charge >= 0.3 is 5.97 Å². The maximum atomic E-state index is 11.4. The summed E-state index contributed by atoms with van der Waals surface area (Å²) in [7, 11) is 0. The van der Waals surface area contributed by atoms with Gasteiger partial charge in [0, 0.05) is 25.9 Å². The van der Waals surface area contributed by atoms with Crippen molar-refractivity contribution >= 4 is 23.7 Å². The zero-order valence-corrected chi connectivity index (χ0v) is 9.69. The van der Waals surface area contributed by atoms with Crippen molar-refractivity contribution < 1.29 is 24.3 Å². The zero-order valence-electron chi connectivity index (χ0n) is 9.69. The molecule has 3 amide bonds. The molecule has 4 N–H and O–H groups in total. The number of aliphatic carboxylic acids is 1. The van der Waals surface area contributed by atoms with Gasteiger partial charge in [-0.3, -0.25) is 14.4 Å². The molecular weight excluding hydrogens is 242 g/mol. The second-order valence-electron chi connectivity index (χ2n) is 3.86. The Morgan fingerprint density at radius 3 is 2.17 bits per heavy atom. The molecule has 1 heterocycles. The first kappa shape index (κ1) is 13.9. The number of hydrogen-bond donors (Lipinski definition) is 4. The third-order valence-corrected chi connectivity index (χ3v) is 2.37. The van der Waals surface area contributed by atoms with E-state index in [4.69, 9.17) is 5.11 Å². The Kier molecular flexibility index (Phi) is 5.09. The van der Waals surface area contributed by atoms with E-state index in [1.165, 1.54) is 0 Å². The number of amides is 3. The number of nitrogens with one attached hydrogen (secondary N) is 3. The average molecular weight is 257 g/mol. The van der Waals surface area contributed by atoms with Crippen LogP contribution in [0.25, 0.3) is 0 Å². The fraction of sp³-hybridized carbons (Fsp3) is 0.600. The van der Waals surface area contributed by atoms with E-state index >= 15 is 0 Å². The van der Waals surface area contributed by atoms with Gasteiger partial charge in [0.05, 0.1) is 6.42 Å². The Labute approximate surface area is 103 Å². The maximum Gasteiger partial charge on any atom is 0.326 e. The van der Waals surface area contributed by atoms with E-state index in [0.29, 0.717) is 0 Å². The van der Waals surface area contributed by atoms with Crippen LogP contribution in [0.15, 0.2) is 0 Å². The summed E-state index contributed by atoms with van der Waals surface area (Å²) in [4.78, 5) is 44.8. The molecule has 0 aromatic heterocycles. The van der Waals surface area contributed by atoms with Crippen molar-refractivity contribution in [1.29, 1.82) is 0 Å². The molecule has 0 aliphatic carbocycles. The maximum absolute atomic E-state index is 11.4. The number of carbonyl (C=O) groups excluding carboxylic acids is 3. The summed E-state index contributed by atoms with van der Waals surface area (Å²) in [6.45, 7) is 0.288. The number of hydrogen-bond acceptors (Lipinski definition) is 4. The van der Waals surface area contributed by atoms with Gasteiger partial charge < -0.3 is 21.1 Å². The lowest BCUT2D eigenvalue weighted by molar-refractivity contribution is -0.143. The van der Waals surface area contributed by atoms with Crippen molar-refractivity contribution in [2.45, 2.75) is 25.3 Å². The minimum absolute atomic E-state index is 0.0167. The lowest BCUT2D eigenvalue weighted by atomic mass is 10.2. The predicted molar refractivity (Wildman–Crippen MR) is 59.4 cm³/mol. The van der Waals surface area contributed by atoms with Gasteiger partial charge in [-0.15, -0.1) is 0 Å². The monoisotopic (exact) mass is 257 g/mol. The van der Waals surface area contributed by atoms with Crippen molar-refractivity contribution in [2.24, 2.45) is 0 Å². The summed E-state index contributed by atoms with van der Waals surface area (Å²) < 4.78 is 0. The molecule has 0 bridgehead atoms. The summed E-state index contributed by atoms with van der Waals surface area (Å²) in [5.74, 6) is -2.56. The summed E-state index contributed by atoms with van der Waals surface area (Å²) in [5.41, 5.74) is 0. The van der Waals surface area contributed by atoms with Crippen LogP contribution in [0, 0.1) is 0 Å². The first-order valence-corrected chi connectivity index (χ1v) is 5.54. The molecule has 8 nitrogen and oxygen atoms in total. The number of carboxylic acid groups (broad SMARTS) is 1. The van der Waals surface area contributed by atoms with E-state index in [2.05, 4.69) is 16.0 Å². The summed E-state index contributed by atoms with van der Waals surface area (Å²) in [6.07, 6.45) is -0.259. The van der Waals surface area contributed by atoms with Crippen molar-refractivity contribution in [1.82, 2.24) is 16.0 Å². The van der Waals surface area contributed by atoms with Crippen LogP contribution in [-0.4, -0.2) is 47.9 Å². The molecule has 1 saturated heterocycles. The number of carboxylic acids is 1. The van der Waals surface area contributed by atoms with E-state index < -0.39 is 23.8 Å². The molecule has 1 aliphatic heterocycles. The molecule has 1 atom stereocenters. The van der Waals surface area contributed by atoms with Gasteiger partial charge in [-0.1, -0.05) is 0 Å². The van der Waals surface area contributed by atoms with Crippen LogP contribution in [0.1, 0.15) is 19.3 Å². The van der Waals surface area contributed by atoms with E-state index in [1.54, 1.807) is 0 Å². The highest BCUT2D eigenvalue weighted by molar-refractivity contribution is 5.89. The largest absolute Gasteiger partial charge is 0.480 e. The number of rotatable bonds is 1. The molecule has 1 aliphatic rings. The zero-order chi connectivity index (χ0) is 13.5. The van der Waals surface area contributed by atoms with E-state index in [9.17, 15) is 19.2 Å². The Morgan fingerprint density at radius 1 is 1.00 bits per heavy atom. The van der Waals surface area contributed by atoms with Gasteiger partial charge in [-0.05, 0) is 0 Å². The topological polar surface area (TPSA) is 125 Å². The van der Waals surface area contributed by atoms with Crippen LogP contribution in [0.3, 0.4) is 0 Å². The molecular formula is C10H15N3O5. The SMILES string of the molecule is O=C1CCNC(=O)CC(C(=O)O)NC(=O)CCN1. The van der Waals surface area contributed by atoms with Gasteiger partial charge in [-0.2, -0.15) is 0 Å². The molecule has 100 valence electrons. The normalized spacial score (nSPS) is 22.9. The third-order valence-electron chi connectivity index (χ3n) is 2.37. The quantitative estimate of drug-likeness (QED) is 0.431. The smallest absolute Gasteiger partial charge is 0.326 e. The molecule has 0 aromatic carbocycles. The van der Waals surface area contributed by atoms with Crippen LogP contribution < -0.4 is 16.0 Å². The molecule has 0 spiro atoms. The van der Waals surface area contributed by atoms with Gasteiger partial charge in [0.15, 0.2) is 0 Å². The molecule has 0 radical (unpaired) electrons. The van der Waals surface area contributed by atoms with Gasteiger partial charge in [0.2, 0.25) is 17.7 Å². The predicted octanol–water partition coefficient (Wildman–Crippen LogP) is -2.03. The fourth-order valence-corrected chi connectivity index (χ4v) is 1.44. The summed E-state index contributed by atoms with van der Waals surface area (Å²) in [5, 5.41) is 16.0. The highest BCUT2D eigenvalue weighted by Gasteiger charge is 2.23. The van der Waals surface area contributed by atoms with Crippen molar-refractivity contribution in [3.8, 4) is 0 Å². The molecule has 0 saturated carbocycles. The Hall–Kier alpha value is -2.12. The van der Waals surface area contributed by atoms with E-state index in [-0.39, 0.29) is 38.3 Å². The minimum Gasteiger partial charge on any atom is -0.480 e. The van der Waals surface area contributed by atoms with Gasteiger partial charge in [0.25, 0.3) is 0 Å². The van der Waals surface area contributed by atoms with Crippen LogP contribution in [0.2, 0.25) is 0 Å². The molecule has 0 aromatic rings. The second kappa shape index (κ2) is 6.58. The molecule has 8 heteroatoms. The van der Waals surface area contributed by atoms with Crippen molar-refractivity contribution in [3.05, 3.63) is 0 Å². The first-order chi connectivity index (χ1) is 8.49. The minimum atomic E-state index is -1.26. The highest BCUT2D eigenvalue weighted by atomic mass is 16.4. The summed E-state index contributed by atoms with van der Waals surface area (Å²) >= 11 is 0. The van der Waals surface area contributed by atoms with E-state index in [1.807, 2.05) is 0 Å². The average Bonchev–Trinajstić information content (AvgIpc) is 2.26. The van der Waals surface area contributed by atoms with Crippen molar-refractivity contribution in [3.63, 3.8) is 0 Å². The summed E-state index contributed by atoms with van der Waals surface area (Å²) in [6, 6.07) is -1.24. The lowest BCUT2D eigenvalue weighted by Crippen LogP contribution is -2.46.